The number of nitrogens with zero attached hydrogens (tertiary/aromatic N) is 1. The van der Waals surface area contributed by atoms with E-state index < -0.39 is 6.43 Å². The minimum absolute atomic E-state index is 0.0830. The zero-order valence-electron chi connectivity index (χ0n) is 10.1. The predicted octanol–water partition coefficient (Wildman–Crippen LogP) is 1.34. The Morgan fingerprint density at radius 3 is 2.50 bits per heavy atom. The van der Waals surface area contributed by atoms with Crippen LogP contribution in [0, 0.1) is 0 Å². The molecule has 0 spiro atoms. The van der Waals surface area contributed by atoms with Crippen LogP contribution in [0.15, 0.2) is 0 Å². The Morgan fingerprint density at radius 1 is 1.38 bits per heavy atom. The lowest BCUT2D eigenvalue weighted by Gasteiger charge is -2.33. The van der Waals surface area contributed by atoms with Crippen molar-refractivity contribution in [1.29, 1.82) is 0 Å². The Bertz CT molecular complexity index is 185. The number of hydrogen-bond acceptors (Lipinski definition) is 3. The monoisotopic (exact) mass is 236 g/mol. The Hall–Kier alpha value is -0.260. The molecule has 1 heterocycles. The standard InChI is InChI=1S/C11H22F2N2O/c1-9(8-16-2)14-10-3-5-15(6-4-10)7-11(12)13/h9-11,14H,3-8H2,1-2H3. The second-order valence-corrected chi connectivity index (χ2v) is 4.49. The lowest BCUT2D eigenvalue weighted by atomic mass is 10.0. The normalized spacial score (nSPS) is 21.6. The summed E-state index contributed by atoms with van der Waals surface area (Å²) in [4.78, 5) is 1.84. The first-order valence-electron chi connectivity index (χ1n) is 5.87. The van der Waals surface area contributed by atoms with E-state index in [1.807, 2.05) is 4.90 Å². The van der Waals surface area contributed by atoms with Crippen molar-refractivity contribution < 1.29 is 13.5 Å². The Morgan fingerprint density at radius 2 is 2.00 bits per heavy atom. The molecule has 1 aliphatic rings. The zero-order chi connectivity index (χ0) is 12.0. The molecular weight excluding hydrogens is 214 g/mol. The lowest BCUT2D eigenvalue weighted by Crippen LogP contribution is -2.47. The number of piperidine rings is 1. The molecule has 0 amide bonds. The van der Waals surface area contributed by atoms with E-state index in [9.17, 15) is 8.78 Å². The summed E-state index contributed by atoms with van der Waals surface area (Å²) in [6, 6.07) is 0.774. The van der Waals surface area contributed by atoms with Crippen molar-refractivity contribution in [1.82, 2.24) is 10.2 Å². The van der Waals surface area contributed by atoms with Crippen LogP contribution in [0.3, 0.4) is 0 Å². The fourth-order valence-corrected chi connectivity index (χ4v) is 2.18. The summed E-state index contributed by atoms with van der Waals surface area (Å²) in [5.74, 6) is 0. The highest BCUT2D eigenvalue weighted by atomic mass is 19.3. The van der Waals surface area contributed by atoms with Crippen molar-refractivity contribution in [2.45, 2.75) is 38.3 Å². The van der Waals surface area contributed by atoms with Crippen molar-refractivity contribution in [2.75, 3.05) is 33.4 Å². The summed E-state index contributed by atoms with van der Waals surface area (Å²) in [7, 11) is 1.68. The van der Waals surface area contributed by atoms with Crippen molar-refractivity contribution in [3.8, 4) is 0 Å². The number of alkyl halides is 2. The number of methoxy groups -OCH3 is 1. The van der Waals surface area contributed by atoms with Crippen LogP contribution in [0.25, 0.3) is 0 Å². The number of hydrogen-bond donors (Lipinski definition) is 1. The van der Waals surface area contributed by atoms with Crippen LogP contribution >= 0.6 is 0 Å². The molecule has 5 heteroatoms. The quantitative estimate of drug-likeness (QED) is 0.753. The van der Waals surface area contributed by atoms with Crippen LogP contribution in [-0.2, 0) is 4.74 Å². The van der Waals surface area contributed by atoms with Gasteiger partial charge >= 0.3 is 0 Å². The summed E-state index contributed by atoms with van der Waals surface area (Å²) in [6.07, 6.45) is -0.321. The van der Waals surface area contributed by atoms with Gasteiger partial charge in [-0.3, -0.25) is 4.90 Å². The second-order valence-electron chi connectivity index (χ2n) is 4.49. The van der Waals surface area contributed by atoms with E-state index in [-0.39, 0.29) is 6.54 Å². The minimum atomic E-state index is -2.21. The molecule has 0 radical (unpaired) electrons. The van der Waals surface area contributed by atoms with Crippen LogP contribution in [0.4, 0.5) is 8.78 Å². The maximum atomic E-state index is 12.2. The van der Waals surface area contributed by atoms with Gasteiger partial charge in [0.05, 0.1) is 13.2 Å². The zero-order valence-corrected chi connectivity index (χ0v) is 10.1. The van der Waals surface area contributed by atoms with Crippen LogP contribution in [0.5, 0.6) is 0 Å². The molecule has 0 aromatic carbocycles. The topological polar surface area (TPSA) is 24.5 Å². The minimum Gasteiger partial charge on any atom is -0.383 e. The van der Waals surface area contributed by atoms with Crippen LogP contribution in [0.2, 0.25) is 0 Å². The van der Waals surface area contributed by atoms with Gasteiger partial charge in [-0.05, 0) is 32.9 Å². The van der Waals surface area contributed by atoms with Gasteiger partial charge in [0.25, 0.3) is 6.43 Å². The third kappa shape index (κ3) is 5.18. The van der Waals surface area contributed by atoms with Gasteiger partial charge in [0.2, 0.25) is 0 Å². The molecule has 16 heavy (non-hydrogen) atoms. The molecule has 0 bridgehead atoms. The van der Waals surface area contributed by atoms with E-state index in [4.69, 9.17) is 4.74 Å². The summed E-state index contributed by atoms with van der Waals surface area (Å²) >= 11 is 0. The van der Waals surface area contributed by atoms with Gasteiger partial charge in [-0.1, -0.05) is 0 Å². The third-order valence-electron chi connectivity index (χ3n) is 2.92. The van der Waals surface area contributed by atoms with E-state index in [0.29, 0.717) is 18.7 Å². The van der Waals surface area contributed by atoms with Gasteiger partial charge in [0.1, 0.15) is 0 Å². The predicted molar refractivity (Wildman–Crippen MR) is 59.9 cm³/mol. The number of rotatable bonds is 6. The van der Waals surface area contributed by atoms with Gasteiger partial charge in [0, 0.05) is 19.2 Å². The third-order valence-corrected chi connectivity index (χ3v) is 2.92. The first-order valence-corrected chi connectivity index (χ1v) is 5.87. The van der Waals surface area contributed by atoms with Crippen molar-refractivity contribution >= 4 is 0 Å². The van der Waals surface area contributed by atoms with E-state index in [2.05, 4.69) is 12.2 Å². The summed E-state index contributed by atoms with van der Waals surface area (Å²) in [6.45, 7) is 4.22. The largest absolute Gasteiger partial charge is 0.383 e. The molecule has 0 saturated carbocycles. The van der Waals surface area contributed by atoms with Gasteiger partial charge < -0.3 is 10.1 Å². The number of ether oxygens (including phenoxy) is 1. The average Bonchev–Trinajstić information content (AvgIpc) is 2.20. The summed E-state index contributed by atoms with van der Waals surface area (Å²) in [5.41, 5.74) is 0. The summed E-state index contributed by atoms with van der Waals surface area (Å²) < 4.78 is 29.4. The molecule has 1 rings (SSSR count). The van der Waals surface area contributed by atoms with Crippen LogP contribution in [0.1, 0.15) is 19.8 Å². The van der Waals surface area contributed by atoms with E-state index in [1.165, 1.54) is 0 Å². The van der Waals surface area contributed by atoms with Gasteiger partial charge in [-0.2, -0.15) is 0 Å². The maximum Gasteiger partial charge on any atom is 0.251 e. The second kappa shape index (κ2) is 7.14. The molecule has 96 valence electrons. The first-order chi connectivity index (χ1) is 7.61. The molecule has 0 aromatic heterocycles. The molecule has 0 aliphatic carbocycles. The van der Waals surface area contributed by atoms with Gasteiger partial charge in [0.15, 0.2) is 0 Å². The van der Waals surface area contributed by atoms with E-state index in [1.54, 1.807) is 7.11 Å². The fraction of sp³-hybridized carbons (Fsp3) is 1.00. The van der Waals surface area contributed by atoms with E-state index >= 15 is 0 Å². The number of nitrogens with one attached hydrogen (secondary N) is 1. The Labute approximate surface area is 96.1 Å². The molecule has 1 saturated heterocycles. The van der Waals surface area contributed by atoms with Crippen molar-refractivity contribution in [2.24, 2.45) is 0 Å². The maximum absolute atomic E-state index is 12.2. The molecule has 1 N–H and O–H groups in total. The number of halogens is 2. The number of likely N-dealkylation sites (tertiary alicyclic amines) is 1. The van der Waals surface area contributed by atoms with Crippen LogP contribution < -0.4 is 5.32 Å². The molecule has 1 aliphatic heterocycles. The van der Waals surface area contributed by atoms with Crippen LogP contribution in [-0.4, -0.2) is 56.8 Å². The molecule has 1 unspecified atom stereocenters. The van der Waals surface area contributed by atoms with E-state index in [0.717, 1.165) is 25.9 Å². The van der Waals surface area contributed by atoms with Gasteiger partial charge in [-0.25, -0.2) is 8.78 Å². The first kappa shape index (κ1) is 13.8. The Balaban J connectivity index is 2.16. The lowest BCUT2D eigenvalue weighted by molar-refractivity contribution is 0.0704. The molecule has 1 fully saturated rings. The highest BCUT2D eigenvalue weighted by Gasteiger charge is 2.21. The SMILES string of the molecule is COCC(C)NC1CCN(CC(F)F)CC1. The fourth-order valence-electron chi connectivity index (χ4n) is 2.18. The molecular formula is C11H22F2N2O. The molecule has 3 nitrogen and oxygen atoms in total. The smallest absolute Gasteiger partial charge is 0.251 e. The van der Waals surface area contributed by atoms with Gasteiger partial charge in [-0.15, -0.1) is 0 Å². The van der Waals surface area contributed by atoms with Crippen molar-refractivity contribution in [3.05, 3.63) is 0 Å². The average molecular weight is 236 g/mol. The molecule has 0 aromatic rings. The molecule has 1 atom stereocenters. The highest BCUT2D eigenvalue weighted by Crippen LogP contribution is 2.12. The highest BCUT2D eigenvalue weighted by molar-refractivity contribution is 4.79. The van der Waals surface area contributed by atoms with Crippen molar-refractivity contribution in [3.63, 3.8) is 0 Å². The Kier molecular flexibility index (Phi) is 6.16. The summed E-state index contributed by atoms with van der Waals surface area (Å²) in [5, 5.41) is 3.45.